The highest BCUT2D eigenvalue weighted by molar-refractivity contribution is 9.10. The van der Waals surface area contributed by atoms with Crippen molar-refractivity contribution >= 4 is 39.0 Å². The van der Waals surface area contributed by atoms with Crippen molar-refractivity contribution in [2.75, 3.05) is 0 Å². The molecule has 0 fully saturated rings. The Kier molecular flexibility index (Phi) is 4.19. The standard InChI is InChI=1S/C11H12BrN3S2/c1-6(13)9-5-8(12)3-4-10(9)17-11-15-14-7(2)16-11/h3-6H,13H2,1-2H3. The maximum Gasteiger partial charge on any atom is 0.179 e. The smallest absolute Gasteiger partial charge is 0.179 e. The Hall–Kier alpha value is -0.430. The number of halogens is 1. The summed E-state index contributed by atoms with van der Waals surface area (Å²) in [6.45, 7) is 3.94. The van der Waals surface area contributed by atoms with Crippen molar-refractivity contribution in [3.05, 3.63) is 33.2 Å². The molecule has 0 bridgehead atoms. The summed E-state index contributed by atoms with van der Waals surface area (Å²) in [5.41, 5.74) is 7.10. The third-order valence-corrected chi connectivity index (χ3v) is 4.64. The maximum atomic E-state index is 5.98. The van der Waals surface area contributed by atoms with Gasteiger partial charge in [0.25, 0.3) is 0 Å². The lowest BCUT2D eigenvalue weighted by Gasteiger charge is -2.11. The van der Waals surface area contributed by atoms with Crippen LogP contribution in [0.3, 0.4) is 0 Å². The minimum atomic E-state index is 0.00372. The van der Waals surface area contributed by atoms with Crippen molar-refractivity contribution in [2.24, 2.45) is 5.73 Å². The molecule has 17 heavy (non-hydrogen) atoms. The monoisotopic (exact) mass is 329 g/mol. The highest BCUT2D eigenvalue weighted by atomic mass is 79.9. The highest BCUT2D eigenvalue weighted by Crippen LogP contribution is 2.35. The van der Waals surface area contributed by atoms with Gasteiger partial charge in [-0.1, -0.05) is 39.0 Å². The van der Waals surface area contributed by atoms with Crippen LogP contribution in [-0.2, 0) is 0 Å². The molecule has 6 heteroatoms. The van der Waals surface area contributed by atoms with Crippen molar-refractivity contribution in [3.8, 4) is 0 Å². The third kappa shape index (κ3) is 3.28. The number of nitrogens with zero attached hydrogens (tertiary/aromatic N) is 2. The first kappa shape index (κ1) is 13.0. The fraction of sp³-hybridized carbons (Fsp3) is 0.273. The van der Waals surface area contributed by atoms with E-state index in [2.05, 4.69) is 38.3 Å². The number of aryl methyl sites for hydroxylation is 1. The molecule has 0 aliphatic carbocycles. The van der Waals surface area contributed by atoms with Crippen molar-refractivity contribution in [2.45, 2.75) is 29.1 Å². The molecular formula is C11H12BrN3S2. The fourth-order valence-corrected chi connectivity index (χ4v) is 3.74. The van der Waals surface area contributed by atoms with Crippen molar-refractivity contribution in [1.82, 2.24) is 10.2 Å². The number of hydrogen-bond acceptors (Lipinski definition) is 5. The third-order valence-electron chi connectivity index (χ3n) is 2.17. The van der Waals surface area contributed by atoms with Crippen LogP contribution >= 0.6 is 39.0 Å². The van der Waals surface area contributed by atoms with Crippen LogP contribution in [0.25, 0.3) is 0 Å². The average Bonchev–Trinajstić information content (AvgIpc) is 2.66. The van der Waals surface area contributed by atoms with Gasteiger partial charge < -0.3 is 5.73 Å². The summed E-state index contributed by atoms with van der Waals surface area (Å²) in [4.78, 5) is 1.14. The van der Waals surface area contributed by atoms with Crippen LogP contribution in [0.1, 0.15) is 23.5 Å². The van der Waals surface area contributed by atoms with Gasteiger partial charge in [-0.25, -0.2) is 0 Å². The molecule has 90 valence electrons. The molecule has 1 aromatic carbocycles. The van der Waals surface area contributed by atoms with Gasteiger partial charge in [0, 0.05) is 15.4 Å². The van der Waals surface area contributed by atoms with Crippen molar-refractivity contribution in [3.63, 3.8) is 0 Å². The fourth-order valence-electron chi connectivity index (χ4n) is 1.38. The molecule has 0 amide bonds. The number of nitrogens with two attached hydrogens (primary N) is 1. The van der Waals surface area contributed by atoms with Crippen molar-refractivity contribution < 1.29 is 0 Å². The van der Waals surface area contributed by atoms with E-state index in [9.17, 15) is 0 Å². The van der Waals surface area contributed by atoms with Gasteiger partial charge in [0.15, 0.2) is 4.34 Å². The Labute approximate surface area is 117 Å². The normalized spacial score (nSPS) is 12.7. The van der Waals surface area contributed by atoms with Gasteiger partial charge in [-0.15, -0.1) is 10.2 Å². The molecule has 1 atom stereocenters. The molecule has 2 N–H and O–H groups in total. The predicted octanol–water partition coefficient (Wildman–Crippen LogP) is 3.78. The minimum Gasteiger partial charge on any atom is -0.324 e. The van der Waals surface area contributed by atoms with E-state index in [1.54, 1.807) is 23.1 Å². The summed E-state index contributed by atoms with van der Waals surface area (Å²) < 4.78 is 1.99. The Morgan fingerprint density at radius 1 is 1.41 bits per heavy atom. The molecule has 0 radical (unpaired) electrons. The van der Waals surface area contributed by atoms with Crippen LogP contribution in [0.4, 0.5) is 0 Å². The Morgan fingerprint density at radius 2 is 2.18 bits per heavy atom. The van der Waals surface area contributed by atoms with E-state index >= 15 is 0 Å². The van der Waals surface area contributed by atoms with Gasteiger partial charge in [-0.3, -0.25) is 0 Å². The zero-order valence-electron chi connectivity index (χ0n) is 9.48. The van der Waals surface area contributed by atoms with E-state index in [4.69, 9.17) is 5.73 Å². The molecule has 0 saturated heterocycles. The largest absolute Gasteiger partial charge is 0.324 e. The molecule has 0 aliphatic rings. The van der Waals surface area contributed by atoms with E-state index in [1.807, 2.05) is 19.9 Å². The summed E-state index contributed by atoms with van der Waals surface area (Å²) in [5.74, 6) is 0. The Morgan fingerprint density at radius 3 is 2.76 bits per heavy atom. The molecule has 3 nitrogen and oxygen atoms in total. The first-order valence-corrected chi connectivity index (χ1v) is 7.52. The molecule has 0 aliphatic heterocycles. The van der Waals surface area contributed by atoms with E-state index in [0.29, 0.717) is 0 Å². The molecular weight excluding hydrogens is 318 g/mol. The van der Waals surface area contributed by atoms with Gasteiger partial charge in [-0.05, 0) is 37.6 Å². The second-order valence-corrected chi connectivity index (χ2v) is 7.05. The number of hydrogen-bond donors (Lipinski definition) is 1. The molecule has 1 heterocycles. The lowest BCUT2D eigenvalue weighted by atomic mass is 10.1. The molecule has 1 aromatic heterocycles. The van der Waals surface area contributed by atoms with Crippen LogP contribution in [0.15, 0.2) is 31.9 Å². The molecule has 0 saturated carbocycles. The zero-order chi connectivity index (χ0) is 12.4. The quantitative estimate of drug-likeness (QED) is 0.930. The van der Waals surface area contributed by atoms with Crippen LogP contribution in [0, 0.1) is 6.92 Å². The lowest BCUT2D eigenvalue weighted by molar-refractivity contribution is 0.796. The number of rotatable bonds is 3. The second-order valence-electron chi connectivity index (χ2n) is 3.66. The summed E-state index contributed by atoms with van der Waals surface area (Å²) in [5, 5.41) is 9.10. The maximum absolute atomic E-state index is 5.98. The summed E-state index contributed by atoms with van der Waals surface area (Å²) >= 11 is 6.68. The first-order valence-electron chi connectivity index (χ1n) is 5.09. The summed E-state index contributed by atoms with van der Waals surface area (Å²) in [7, 11) is 0. The van der Waals surface area contributed by atoms with Crippen LogP contribution < -0.4 is 5.73 Å². The van der Waals surface area contributed by atoms with Crippen LogP contribution in [0.5, 0.6) is 0 Å². The van der Waals surface area contributed by atoms with Gasteiger partial charge in [0.2, 0.25) is 0 Å². The number of benzene rings is 1. The molecule has 2 aromatic rings. The number of aromatic nitrogens is 2. The van der Waals surface area contributed by atoms with E-state index in [-0.39, 0.29) is 6.04 Å². The van der Waals surface area contributed by atoms with Gasteiger partial charge in [0.1, 0.15) is 5.01 Å². The Bertz CT molecular complexity index is 525. The van der Waals surface area contributed by atoms with Gasteiger partial charge >= 0.3 is 0 Å². The SMILES string of the molecule is Cc1nnc(Sc2ccc(Br)cc2C(C)N)s1. The molecule has 1 unspecified atom stereocenters. The highest BCUT2D eigenvalue weighted by Gasteiger charge is 2.11. The van der Waals surface area contributed by atoms with Gasteiger partial charge in [0.05, 0.1) is 0 Å². The average molecular weight is 330 g/mol. The van der Waals surface area contributed by atoms with Crippen molar-refractivity contribution in [1.29, 1.82) is 0 Å². The first-order chi connectivity index (χ1) is 8.06. The second kappa shape index (κ2) is 5.48. The van der Waals surface area contributed by atoms with E-state index < -0.39 is 0 Å². The summed E-state index contributed by atoms with van der Waals surface area (Å²) in [6.07, 6.45) is 0. The lowest BCUT2D eigenvalue weighted by Crippen LogP contribution is -2.06. The predicted molar refractivity (Wildman–Crippen MR) is 75.5 cm³/mol. The Balaban J connectivity index is 2.32. The van der Waals surface area contributed by atoms with Gasteiger partial charge in [-0.2, -0.15) is 0 Å². The minimum absolute atomic E-state index is 0.00372. The van der Waals surface area contributed by atoms with Crippen LogP contribution in [-0.4, -0.2) is 10.2 Å². The molecule has 2 rings (SSSR count). The van der Waals surface area contributed by atoms with E-state index in [0.717, 1.165) is 24.3 Å². The zero-order valence-corrected chi connectivity index (χ0v) is 12.7. The van der Waals surface area contributed by atoms with E-state index in [1.165, 1.54) is 0 Å². The van der Waals surface area contributed by atoms with Crippen LogP contribution in [0.2, 0.25) is 0 Å². The summed E-state index contributed by atoms with van der Waals surface area (Å²) in [6, 6.07) is 6.14. The molecule has 0 spiro atoms. The topological polar surface area (TPSA) is 51.8 Å².